The minimum atomic E-state index is -0.108. The van der Waals surface area contributed by atoms with E-state index in [1.54, 1.807) is 5.57 Å². The fourth-order valence-electron chi connectivity index (χ4n) is 8.84. The lowest BCUT2D eigenvalue weighted by molar-refractivity contribution is -0.328. The lowest BCUT2D eigenvalue weighted by Crippen LogP contribution is -2.51. The molecule has 5 rings (SSSR count). The molecule has 174 valence electrons. The molecule has 4 aliphatic carbocycles. The highest BCUT2D eigenvalue weighted by Gasteiger charge is 2.59. The number of aliphatic hydroxyl groups is 1. The topological polar surface area (TPSA) is 38.7 Å². The third-order valence-corrected chi connectivity index (χ3v) is 10.8. The van der Waals surface area contributed by atoms with Crippen LogP contribution in [0, 0.1) is 46.3 Å². The first-order chi connectivity index (χ1) is 14.7. The second-order valence-electron chi connectivity index (χ2n) is 12.5. The highest BCUT2D eigenvalue weighted by Crippen LogP contribution is 2.67. The van der Waals surface area contributed by atoms with Crippen molar-refractivity contribution in [1.82, 2.24) is 0 Å². The van der Waals surface area contributed by atoms with Crippen LogP contribution in [0.4, 0.5) is 0 Å². The molecule has 0 bridgehead atoms. The summed E-state index contributed by atoms with van der Waals surface area (Å²) in [6.07, 6.45) is 14.7. The third-order valence-electron chi connectivity index (χ3n) is 10.8. The summed E-state index contributed by atoms with van der Waals surface area (Å²) >= 11 is 0. The normalized spacial score (nSPS) is 48.4. The van der Waals surface area contributed by atoms with Crippen LogP contribution in [0.3, 0.4) is 0 Å². The maximum Gasteiger partial charge on any atom is 0.114 e. The Kier molecular flexibility index (Phi) is 5.71. The molecule has 1 N–H and O–H groups in total. The first-order valence-electron chi connectivity index (χ1n) is 13.1. The van der Waals surface area contributed by atoms with Crippen molar-refractivity contribution in [3.05, 3.63) is 23.3 Å². The van der Waals surface area contributed by atoms with Crippen molar-refractivity contribution in [2.24, 2.45) is 46.3 Å². The highest BCUT2D eigenvalue weighted by molar-refractivity contribution is 5.25. The van der Waals surface area contributed by atoms with Gasteiger partial charge in [0.1, 0.15) is 12.7 Å². The first kappa shape index (κ1) is 22.2. The Hall–Kier alpha value is -0.640. The zero-order chi connectivity index (χ0) is 22.0. The van der Waals surface area contributed by atoms with Crippen molar-refractivity contribution in [3.63, 3.8) is 0 Å². The Labute approximate surface area is 189 Å². The van der Waals surface area contributed by atoms with Crippen molar-refractivity contribution >= 4 is 0 Å². The fraction of sp³-hybridized carbons (Fsp3) is 0.857. The molecular weight excluding hydrogens is 384 g/mol. The Morgan fingerprint density at radius 3 is 2.61 bits per heavy atom. The molecule has 1 heterocycles. The van der Waals surface area contributed by atoms with Crippen molar-refractivity contribution < 1.29 is 14.9 Å². The second-order valence-corrected chi connectivity index (χ2v) is 12.5. The van der Waals surface area contributed by atoms with Crippen LogP contribution in [0.2, 0.25) is 0 Å². The maximum absolute atomic E-state index is 10.3. The van der Waals surface area contributed by atoms with Gasteiger partial charge in [-0.15, -0.1) is 0 Å². The number of allylic oxidation sites excluding steroid dienone is 1. The summed E-state index contributed by atoms with van der Waals surface area (Å²) in [7, 11) is 0. The molecule has 3 heteroatoms. The van der Waals surface area contributed by atoms with Crippen LogP contribution < -0.4 is 0 Å². The minimum Gasteiger partial charge on any atom is -0.393 e. The zero-order valence-electron chi connectivity index (χ0n) is 20.4. The van der Waals surface area contributed by atoms with E-state index < -0.39 is 0 Å². The van der Waals surface area contributed by atoms with Crippen LogP contribution in [0.15, 0.2) is 23.3 Å². The largest absolute Gasteiger partial charge is 0.393 e. The van der Waals surface area contributed by atoms with Crippen molar-refractivity contribution in [2.45, 2.75) is 98.2 Å². The molecule has 9 atom stereocenters. The van der Waals surface area contributed by atoms with E-state index in [4.69, 9.17) is 9.78 Å². The van der Waals surface area contributed by atoms with E-state index in [1.165, 1.54) is 44.1 Å². The van der Waals surface area contributed by atoms with Crippen LogP contribution >= 0.6 is 0 Å². The van der Waals surface area contributed by atoms with Crippen LogP contribution in [0.1, 0.15) is 86.0 Å². The predicted molar refractivity (Wildman–Crippen MR) is 124 cm³/mol. The average molecular weight is 429 g/mol. The van der Waals surface area contributed by atoms with Gasteiger partial charge in [0.25, 0.3) is 0 Å². The van der Waals surface area contributed by atoms with Gasteiger partial charge in [-0.2, -0.15) is 0 Å². The van der Waals surface area contributed by atoms with E-state index in [9.17, 15) is 5.11 Å². The van der Waals surface area contributed by atoms with E-state index >= 15 is 0 Å². The van der Waals surface area contributed by atoms with E-state index in [0.717, 1.165) is 30.6 Å². The molecule has 3 saturated carbocycles. The Morgan fingerprint density at radius 2 is 1.84 bits per heavy atom. The molecular formula is C28H44O3. The Balaban J connectivity index is 1.37. The number of fused-ring (bicyclic) bond motifs is 5. The molecule has 0 unspecified atom stereocenters. The van der Waals surface area contributed by atoms with Crippen molar-refractivity contribution in [2.75, 3.05) is 6.61 Å². The summed E-state index contributed by atoms with van der Waals surface area (Å²) in [5.41, 5.74) is 3.73. The predicted octanol–water partition coefficient (Wildman–Crippen LogP) is 6.48. The first-order valence-corrected chi connectivity index (χ1v) is 13.1. The molecule has 0 aromatic heterocycles. The molecule has 3 nitrogen and oxygen atoms in total. The molecule has 3 fully saturated rings. The summed E-state index contributed by atoms with van der Waals surface area (Å²) in [5.74, 6) is 4.20. The highest BCUT2D eigenvalue weighted by atomic mass is 17.2. The second kappa shape index (κ2) is 7.99. The lowest BCUT2D eigenvalue weighted by Gasteiger charge is -2.58. The molecule has 0 saturated heterocycles. The monoisotopic (exact) mass is 428 g/mol. The summed E-state index contributed by atoms with van der Waals surface area (Å²) in [6.45, 7) is 12.7. The number of rotatable bonds is 3. The summed E-state index contributed by atoms with van der Waals surface area (Å²) in [4.78, 5) is 11.4. The molecule has 0 aromatic carbocycles. The quantitative estimate of drug-likeness (QED) is 0.413. The molecule has 31 heavy (non-hydrogen) atoms. The van der Waals surface area contributed by atoms with Gasteiger partial charge < -0.3 is 5.11 Å². The van der Waals surface area contributed by atoms with Crippen LogP contribution in [-0.4, -0.2) is 23.9 Å². The van der Waals surface area contributed by atoms with Crippen molar-refractivity contribution in [1.29, 1.82) is 0 Å². The van der Waals surface area contributed by atoms with E-state index in [1.807, 2.05) is 0 Å². The van der Waals surface area contributed by atoms with E-state index in [2.05, 4.69) is 46.8 Å². The molecule has 0 amide bonds. The van der Waals surface area contributed by atoms with E-state index in [-0.39, 0.29) is 12.2 Å². The number of hydrogen-bond donors (Lipinski definition) is 1. The van der Waals surface area contributed by atoms with Gasteiger partial charge in [0, 0.05) is 0 Å². The summed E-state index contributed by atoms with van der Waals surface area (Å²) in [5, 5.41) is 10.3. The minimum absolute atomic E-state index is 0.0969. The van der Waals surface area contributed by atoms with Crippen molar-refractivity contribution in [3.8, 4) is 0 Å². The maximum atomic E-state index is 10.3. The van der Waals surface area contributed by atoms with Crippen LogP contribution in [0.25, 0.3) is 0 Å². The fourth-order valence-corrected chi connectivity index (χ4v) is 8.84. The van der Waals surface area contributed by atoms with Gasteiger partial charge in [0.05, 0.1) is 6.10 Å². The van der Waals surface area contributed by atoms with Gasteiger partial charge in [-0.3, -0.25) is 0 Å². The van der Waals surface area contributed by atoms with Gasteiger partial charge in [-0.05, 0) is 103 Å². The lowest BCUT2D eigenvalue weighted by atomic mass is 9.47. The molecule has 1 aliphatic heterocycles. The SMILES string of the molecule is CC(C)C1=C[C@H]([C@@H](C)[C@H]2CC[C@H]3[C@@H]4CC=C5C[C@@H](O)CC[C@]5(C)[C@H]4CC[C@]23C)OOC1. The molecule has 0 radical (unpaired) electrons. The zero-order valence-corrected chi connectivity index (χ0v) is 20.4. The van der Waals surface area contributed by atoms with Gasteiger partial charge in [0.15, 0.2) is 0 Å². The van der Waals surface area contributed by atoms with E-state index in [0.29, 0.717) is 35.2 Å². The van der Waals surface area contributed by atoms with Crippen LogP contribution in [-0.2, 0) is 9.78 Å². The van der Waals surface area contributed by atoms with Gasteiger partial charge >= 0.3 is 0 Å². The molecule has 0 aromatic rings. The third kappa shape index (κ3) is 3.49. The number of hydrogen-bond acceptors (Lipinski definition) is 3. The standard InChI is InChI=1S/C28H44O3/c1-17(2)19-14-26(31-30-16-19)18(3)23-8-9-24-22-7-6-20-15-21(29)10-12-27(20,4)25(22)11-13-28(23,24)5/h6,14,17-18,21-26,29H,7-13,15-16H2,1-5H3/t18-,21-,22-,23+,24-,25-,26+,27-,28+/m0/s1. The molecule has 0 spiro atoms. The number of aliphatic hydroxyl groups excluding tert-OH is 1. The smallest absolute Gasteiger partial charge is 0.114 e. The Bertz CT molecular complexity index is 753. The summed E-state index contributed by atoms with van der Waals surface area (Å²) in [6, 6.07) is 0. The van der Waals surface area contributed by atoms with Gasteiger partial charge in [-0.25, -0.2) is 9.78 Å². The van der Waals surface area contributed by atoms with Crippen LogP contribution in [0.5, 0.6) is 0 Å². The average Bonchev–Trinajstić information content (AvgIpc) is 3.11. The summed E-state index contributed by atoms with van der Waals surface area (Å²) < 4.78 is 0. The van der Waals surface area contributed by atoms with Gasteiger partial charge in [0.2, 0.25) is 0 Å². The van der Waals surface area contributed by atoms with Gasteiger partial charge in [-0.1, -0.05) is 52.3 Å². The Morgan fingerprint density at radius 1 is 1.03 bits per heavy atom. The molecule has 5 aliphatic rings.